The molecular weight excluding hydrogens is 260 g/mol. The van der Waals surface area contributed by atoms with Gasteiger partial charge >= 0.3 is 0 Å². The summed E-state index contributed by atoms with van der Waals surface area (Å²) in [6.45, 7) is 5.90. The first-order valence-electron chi connectivity index (χ1n) is 7.43. The Morgan fingerprint density at radius 2 is 1.86 bits per heavy atom. The Hall–Kier alpha value is -1.87. The molecule has 0 spiro atoms. The van der Waals surface area contributed by atoms with Gasteiger partial charge in [0.2, 0.25) is 5.91 Å². The lowest BCUT2D eigenvalue weighted by atomic mass is 9.98. The molecule has 0 saturated carbocycles. The van der Waals surface area contributed by atoms with E-state index in [1.165, 1.54) is 10.8 Å². The Balaban J connectivity index is 2.09. The lowest BCUT2D eigenvalue weighted by Crippen LogP contribution is -2.35. The number of nitrogens with two attached hydrogens (primary N) is 1. The van der Waals surface area contributed by atoms with Gasteiger partial charge in [0.15, 0.2) is 0 Å². The van der Waals surface area contributed by atoms with Gasteiger partial charge in [-0.25, -0.2) is 0 Å². The summed E-state index contributed by atoms with van der Waals surface area (Å²) < 4.78 is 0. The average molecular weight is 284 g/mol. The number of amides is 1. The second-order valence-electron chi connectivity index (χ2n) is 6.35. The van der Waals surface area contributed by atoms with Crippen molar-refractivity contribution in [3.05, 3.63) is 48.0 Å². The number of hydrogen-bond acceptors (Lipinski definition) is 2. The molecule has 0 fully saturated rings. The number of carbonyl (C=O) groups excluding carboxylic acids is 1. The Bertz CT molecular complexity index is 623. The zero-order chi connectivity index (χ0) is 15.5. The normalized spacial score (nSPS) is 13.1. The van der Waals surface area contributed by atoms with E-state index in [1.54, 1.807) is 0 Å². The van der Waals surface area contributed by atoms with Crippen LogP contribution in [0.5, 0.6) is 0 Å². The number of fused-ring (bicyclic) bond motifs is 1. The first-order valence-corrected chi connectivity index (χ1v) is 7.43. The molecule has 0 saturated heterocycles. The fourth-order valence-corrected chi connectivity index (χ4v) is 2.46. The fourth-order valence-electron chi connectivity index (χ4n) is 2.46. The summed E-state index contributed by atoms with van der Waals surface area (Å²) in [6, 6.07) is 14.4. The first-order chi connectivity index (χ1) is 9.87. The third-order valence-electron chi connectivity index (χ3n) is 3.66. The predicted octanol–water partition coefficient (Wildman–Crippen LogP) is 3.53. The summed E-state index contributed by atoms with van der Waals surface area (Å²) in [5.41, 5.74) is 6.76. The Labute approximate surface area is 126 Å². The number of benzene rings is 2. The third-order valence-corrected chi connectivity index (χ3v) is 3.66. The van der Waals surface area contributed by atoms with E-state index in [-0.39, 0.29) is 17.5 Å². The van der Waals surface area contributed by atoms with Crippen LogP contribution in [0.3, 0.4) is 0 Å². The van der Waals surface area contributed by atoms with Crippen molar-refractivity contribution in [1.29, 1.82) is 0 Å². The highest BCUT2D eigenvalue weighted by molar-refractivity contribution is 5.86. The van der Waals surface area contributed by atoms with Gasteiger partial charge in [0.1, 0.15) is 0 Å². The Morgan fingerprint density at radius 1 is 1.19 bits per heavy atom. The van der Waals surface area contributed by atoms with Crippen LogP contribution in [0.1, 0.15) is 45.2 Å². The van der Waals surface area contributed by atoms with Crippen LogP contribution < -0.4 is 11.1 Å². The molecule has 2 aromatic rings. The average Bonchev–Trinajstić information content (AvgIpc) is 2.43. The zero-order valence-corrected chi connectivity index (χ0v) is 13.0. The van der Waals surface area contributed by atoms with E-state index in [0.717, 1.165) is 5.56 Å². The number of nitrogens with one attached hydrogen (secondary N) is 1. The summed E-state index contributed by atoms with van der Waals surface area (Å²) in [5, 5.41) is 5.45. The van der Waals surface area contributed by atoms with E-state index in [2.05, 4.69) is 29.6 Å². The van der Waals surface area contributed by atoms with E-state index in [4.69, 9.17) is 5.73 Å². The fraction of sp³-hybridized carbons (Fsp3) is 0.389. The van der Waals surface area contributed by atoms with E-state index in [0.29, 0.717) is 12.8 Å². The minimum atomic E-state index is -0.306. The van der Waals surface area contributed by atoms with Gasteiger partial charge in [-0.2, -0.15) is 0 Å². The van der Waals surface area contributed by atoms with E-state index in [9.17, 15) is 4.79 Å². The molecule has 112 valence electrons. The molecule has 3 nitrogen and oxygen atoms in total. The summed E-state index contributed by atoms with van der Waals surface area (Å²) >= 11 is 0. The topological polar surface area (TPSA) is 55.1 Å². The summed E-state index contributed by atoms with van der Waals surface area (Å²) in [4.78, 5) is 12.0. The molecule has 1 unspecified atom stereocenters. The predicted molar refractivity (Wildman–Crippen MR) is 88.0 cm³/mol. The molecule has 0 aliphatic heterocycles. The molecule has 1 amide bonds. The minimum Gasteiger partial charge on any atom is -0.350 e. The summed E-state index contributed by atoms with van der Waals surface area (Å²) in [7, 11) is 0. The second-order valence-corrected chi connectivity index (χ2v) is 6.35. The first kappa shape index (κ1) is 15.5. The quantitative estimate of drug-likeness (QED) is 0.882. The standard InChI is InChI=1S/C18H24N2O/c1-13(20-17(21)11-12-18(2,3)19)15-10-6-8-14-7-4-5-9-16(14)15/h4-10,13H,11-12,19H2,1-3H3,(H,20,21). The van der Waals surface area contributed by atoms with Gasteiger partial charge in [0.25, 0.3) is 0 Å². The van der Waals surface area contributed by atoms with Crippen LogP contribution >= 0.6 is 0 Å². The van der Waals surface area contributed by atoms with Crippen LogP contribution in [0.2, 0.25) is 0 Å². The summed E-state index contributed by atoms with van der Waals surface area (Å²) in [5.74, 6) is 0.0500. The van der Waals surface area contributed by atoms with Crippen LogP contribution in [-0.4, -0.2) is 11.4 Å². The molecule has 21 heavy (non-hydrogen) atoms. The third kappa shape index (κ3) is 4.30. The molecule has 2 aromatic carbocycles. The molecule has 3 heteroatoms. The van der Waals surface area contributed by atoms with Crippen molar-refractivity contribution in [2.75, 3.05) is 0 Å². The highest BCUT2D eigenvalue weighted by Crippen LogP contribution is 2.24. The number of carbonyl (C=O) groups is 1. The van der Waals surface area contributed by atoms with Crippen LogP contribution in [-0.2, 0) is 4.79 Å². The van der Waals surface area contributed by atoms with Crippen molar-refractivity contribution in [2.45, 2.75) is 45.2 Å². The van der Waals surface area contributed by atoms with Gasteiger partial charge in [-0.15, -0.1) is 0 Å². The monoisotopic (exact) mass is 284 g/mol. The maximum Gasteiger partial charge on any atom is 0.220 e. The van der Waals surface area contributed by atoms with Gasteiger partial charge in [-0.05, 0) is 43.5 Å². The van der Waals surface area contributed by atoms with Crippen LogP contribution in [0.4, 0.5) is 0 Å². The summed E-state index contributed by atoms with van der Waals surface area (Å²) in [6.07, 6.45) is 1.14. The second kappa shape index (κ2) is 6.27. The maximum absolute atomic E-state index is 12.0. The van der Waals surface area contributed by atoms with Crippen molar-refractivity contribution < 1.29 is 4.79 Å². The molecule has 3 N–H and O–H groups in total. The highest BCUT2D eigenvalue weighted by atomic mass is 16.1. The van der Waals surface area contributed by atoms with Crippen LogP contribution in [0.15, 0.2) is 42.5 Å². The highest BCUT2D eigenvalue weighted by Gasteiger charge is 2.16. The minimum absolute atomic E-state index is 0.00973. The molecule has 0 radical (unpaired) electrons. The van der Waals surface area contributed by atoms with E-state index in [1.807, 2.05) is 39.0 Å². The number of rotatable bonds is 5. The zero-order valence-electron chi connectivity index (χ0n) is 13.0. The lowest BCUT2D eigenvalue weighted by molar-refractivity contribution is -0.122. The molecule has 0 aromatic heterocycles. The number of hydrogen-bond donors (Lipinski definition) is 2. The van der Waals surface area contributed by atoms with Gasteiger partial charge in [0.05, 0.1) is 6.04 Å². The lowest BCUT2D eigenvalue weighted by Gasteiger charge is -2.20. The largest absolute Gasteiger partial charge is 0.350 e. The van der Waals surface area contributed by atoms with E-state index < -0.39 is 0 Å². The van der Waals surface area contributed by atoms with Crippen LogP contribution in [0.25, 0.3) is 10.8 Å². The maximum atomic E-state index is 12.0. The smallest absolute Gasteiger partial charge is 0.220 e. The van der Waals surface area contributed by atoms with Crippen molar-refractivity contribution in [3.63, 3.8) is 0 Å². The van der Waals surface area contributed by atoms with Crippen molar-refractivity contribution in [3.8, 4) is 0 Å². The molecular formula is C18H24N2O. The molecule has 1 atom stereocenters. The van der Waals surface area contributed by atoms with E-state index >= 15 is 0 Å². The molecule has 0 aliphatic carbocycles. The van der Waals surface area contributed by atoms with Gasteiger partial charge < -0.3 is 11.1 Å². The Kier molecular flexibility index (Phi) is 4.63. The van der Waals surface area contributed by atoms with Crippen LogP contribution in [0, 0.1) is 0 Å². The molecule has 0 heterocycles. The molecule has 0 aliphatic rings. The van der Waals surface area contributed by atoms with Gasteiger partial charge in [0, 0.05) is 12.0 Å². The van der Waals surface area contributed by atoms with Crippen molar-refractivity contribution in [2.24, 2.45) is 5.73 Å². The van der Waals surface area contributed by atoms with Crippen molar-refractivity contribution in [1.82, 2.24) is 5.32 Å². The van der Waals surface area contributed by atoms with Gasteiger partial charge in [-0.1, -0.05) is 42.5 Å². The van der Waals surface area contributed by atoms with Gasteiger partial charge in [-0.3, -0.25) is 4.79 Å². The Morgan fingerprint density at radius 3 is 2.57 bits per heavy atom. The molecule has 0 bridgehead atoms. The SMILES string of the molecule is CC(NC(=O)CCC(C)(C)N)c1cccc2ccccc12. The van der Waals surface area contributed by atoms with Crippen molar-refractivity contribution >= 4 is 16.7 Å². The molecule has 2 rings (SSSR count).